The van der Waals surface area contributed by atoms with Gasteiger partial charge in [0.25, 0.3) is 0 Å². The van der Waals surface area contributed by atoms with Crippen LogP contribution in [0.25, 0.3) is 0 Å². The molecule has 0 spiro atoms. The van der Waals surface area contributed by atoms with Crippen molar-refractivity contribution in [1.82, 2.24) is 0 Å². The summed E-state index contributed by atoms with van der Waals surface area (Å²) in [5.41, 5.74) is 1.05. The second kappa shape index (κ2) is 4.24. The van der Waals surface area contributed by atoms with E-state index in [-0.39, 0.29) is 5.25 Å². The van der Waals surface area contributed by atoms with Crippen molar-refractivity contribution in [2.75, 3.05) is 0 Å². The second-order valence-corrected chi connectivity index (χ2v) is 3.91. The third-order valence-corrected chi connectivity index (χ3v) is 2.83. The predicted molar refractivity (Wildman–Crippen MR) is 53.7 cm³/mol. The molecule has 1 aromatic carbocycles. The highest BCUT2D eigenvalue weighted by Gasteiger charge is 2.13. The minimum absolute atomic E-state index is 0.0977. The fourth-order valence-corrected chi connectivity index (χ4v) is 1.26. The Hall–Kier alpha value is 0.150. The quantitative estimate of drug-likeness (QED) is 0.557. The lowest BCUT2D eigenvalue weighted by Gasteiger charge is -2.10. The lowest BCUT2D eigenvalue weighted by atomic mass is 10.2. The maximum atomic E-state index is 5.65. The number of rotatable bonds is 2. The maximum Gasteiger partial charge on any atom is 0.123 e. The first-order valence-electron chi connectivity index (χ1n) is 3.23. The molecule has 0 aliphatic rings. The number of hydrogen-bond acceptors (Lipinski definition) is 1. The Balaban J connectivity index is 2.77. The molecule has 0 heterocycles. The van der Waals surface area contributed by atoms with Gasteiger partial charge < -0.3 is 0 Å². The van der Waals surface area contributed by atoms with Crippen molar-refractivity contribution >= 4 is 35.8 Å². The lowest BCUT2D eigenvalue weighted by Crippen LogP contribution is -1.98. The highest BCUT2D eigenvalue weighted by atomic mass is 35.5. The van der Waals surface area contributed by atoms with Gasteiger partial charge in [0.1, 0.15) is 4.84 Å². The number of halogens is 2. The molecule has 0 bridgehead atoms. The Labute approximate surface area is 81.9 Å². The lowest BCUT2D eigenvalue weighted by molar-refractivity contribution is 1.06. The summed E-state index contributed by atoms with van der Waals surface area (Å²) < 4.78 is 0. The van der Waals surface area contributed by atoms with Crippen molar-refractivity contribution in [3.63, 3.8) is 0 Å². The molecule has 0 aliphatic carbocycles. The van der Waals surface area contributed by atoms with Crippen molar-refractivity contribution in [1.29, 1.82) is 0 Å². The zero-order valence-corrected chi connectivity index (χ0v) is 8.15. The van der Waals surface area contributed by atoms with Gasteiger partial charge in [-0.05, 0) is 5.56 Å². The van der Waals surface area contributed by atoms with Crippen LogP contribution in [0.5, 0.6) is 0 Å². The van der Waals surface area contributed by atoms with E-state index in [9.17, 15) is 0 Å². The van der Waals surface area contributed by atoms with Gasteiger partial charge in [-0.1, -0.05) is 30.3 Å². The highest BCUT2D eigenvalue weighted by Crippen LogP contribution is 2.29. The van der Waals surface area contributed by atoms with Crippen LogP contribution in [0.2, 0.25) is 0 Å². The van der Waals surface area contributed by atoms with Crippen LogP contribution in [-0.4, -0.2) is 4.84 Å². The molecule has 0 N–H and O–H groups in total. The monoisotopic (exact) mass is 206 g/mol. The number of benzene rings is 1. The summed E-state index contributed by atoms with van der Waals surface area (Å²) in [7, 11) is 0. The van der Waals surface area contributed by atoms with E-state index in [4.69, 9.17) is 23.2 Å². The summed E-state index contributed by atoms with van der Waals surface area (Å²) in [6, 6.07) is 9.73. The molecule has 3 heteroatoms. The van der Waals surface area contributed by atoms with Gasteiger partial charge in [0.2, 0.25) is 0 Å². The molecule has 0 saturated heterocycles. The summed E-state index contributed by atoms with van der Waals surface area (Å²) in [5, 5.41) is -0.0977. The van der Waals surface area contributed by atoms with E-state index in [1.807, 2.05) is 30.3 Å². The first-order chi connectivity index (χ1) is 5.22. The largest absolute Gasteiger partial charge is 0.168 e. The normalized spacial score (nSPS) is 13.5. The van der Waals surface area contributed by atoms with Crippen LogP contribution in [0.3, 0.4) is 0 Å². The van der Waals surface area contributed by atoms with Crippen LogP contribution in [0.4, 0.5) is 0 Å². The van der Waals surface area contributed by atoms with Gasteiger partial charge in [-0.2, -0.15) is 12.6 Å². The fraction of sp³-hybridized carbons (Fsp3) is 0.250. The van der Waals surface area contributed by atoms with E-state index in [1.165, 1.54) is 0 Å². The fourth-order valence-electron chi connectivity index (χ4n) is 0.796. The van der Waals surface area contributed by atoms with Crippen molar-refractivity contribution < 1.29 is 0 Å². The molecule has 60 valence electrons. The van der Waals surface area contributed by atoms with E-state index < -0.39 is 4.84 Å². The minimum atomic E-state index is -0.458. The molecule has 11 heavy (non-hydrogen) atoms. The maximum absolute atomic E-state index is 5.65. The topological polar surface area (TPSA) is 0 Å². The van der Waals surface area contributed by atoms with E-state index in [2.05, 4.69) is 12.6 Å². The average Bonchev–Trinajstić information content (AvgIpc) is 2.05. The second-order valence-electron chi connectivity index (χ2n) is 2.19. The molecule has 1 atom stereocenters. The first kappa shape index (κ1) is 9.24. The summed E-state index contributed by atoms with van der Waals surface area (Å²) in [6.45, 7) is 0. The SMILES string of the molecule is SC(c1ccccc1)C(Cl)Cl. The van der Waals surface area contributed by atoms with E-state index >= 15 is 0 Å². The molecule has 0 nitrogen and oxygen atoms in total. The van der Waals surface area contributed by atoms with Crippen LogP contribution in [0.15, 0.2) is 30.3 Å². The van der Waals surface area contributed by atoms with Gasteiger partial charge in [-0.15, -0.1) is 23.2 Å². The molecule has 0 amide bonds. The summed E-state index contributed by atoms with van der Waals surface area (Å²) in [6.07, 6.45) is 0. The third-order valence-electron chi connectivity index (χ3n) is 1.38. The zero-order chi connectivity index (χ0) is 8.27. The Bertz CT molecular complexity index is 211. The third kappa shape index (κ3) is 2.58. The van der Waals surface area contributed by atoms with Crippen molar-refractivity contribution in [2.45, 2.75) is 10.1 Å². The smallest absolute Gasteiger partial charge is 0.123 e. The van der Waals surface area contributed by atoms with Crippen LogP contribution >= 0.6 is 35.8 Å². The van der Waals surface area contributed by atoms with Gasteiger partial charge in [0, 0.05) is 0 Å². The summed E-state index contributed by atoms with van der Waals surface area (Å²) in [5.74, 6) is 0. The molecule has 0 fully saturated rings. The predicted octanol–water partition coefficient (Wildman–Crippen LogP) is 3.46. The van der Waals surface area contributed by atoms with Crippen LogP contribution in [-0.2, 0) is 0 Å². The number of alkyl halides is 2. The van der Waals surface area contributed by atoms with Gasteiger partial charge in [-0.3, -0.25) is 0 Å². The van der Waals surface area contributed by atoms with Crippen LogP contribution < -0.4 is 0 Å². The van der Waals surface area contributed by atoms with Crippen molar-refractivity contribution in [3.05, 3.63) is 35.9 Å². The minimum Gasteiger partial charge on any atom is -0.168 e. The van der Waals surface area contributed by atoms with Gasteiger partial charge in [-0.25, -0.2) is 0 Å². The Kier molecular flexibility index (Phi) is 3.57. The molecule has 0 saturated carbocycles. The van der Waals surface area contributed by atoms with Gasteiger partial charge in [0.15, 0.2) is 0 Å². The molecular formula is C8H8Cl2S. The molecule has 0 aliphatic heterocycles. The summed E-state index contributed by atoms with van der Waals surface area (Å²) in [4.78, 5) is -0.458. The Morgan fingerprint density at radius 3 is 2.09 bits per heavy atom. The van der Waals surface area contributed by atoms with Crippen molar-refractivity contribution in [3.8, 4) is 0 Å². The van der Waals surface area contributed by atoms with E-state index in [1.54, 1.807) is 0 Å². The van der Waals surface area contributed by atoms with E-state index in [0.29, 0.717) is 0 Å². The molecule has 0 aromatic heterocycles. The Morgan fingerprint density at radius 1 is 1.09 bits per heavy atom. The molecule has 0 radical (unpaired) electrons. The van der Waals surface area contributed by atoms with Gasteiger partial charge in [0.05, 0.1) is 5.25 Å². The van der Waals surface area contributed by atoms with Crippen LogP contribution in [0.1, 0.15) is 10.8 Å². The molecule has 1 aromatic rings. The van der Waals surface area contributed by atoms with Gasteiger partial charge >= 0.3 is 0 Å². The number of thiol groups is 1. The Morgan fingerprint density at radius 2 is 1.64 bits per heavy atom. The molecule has 1 rings (SSSR count). The molecule has 1 unspecified atom stereocenters. The summed E-state index contributed by atoms with van der Waals surface area (Å²) >= 11 is 15.6. The molecular weight excluding hydrogens is 199 g/mol. The first-order valence-corrected chi connectivity index (χ1v) is 4.62. The van der Waals surface area contributed by atoms with Crippen LogP contribution in [0, 0.1) is 0 Å². The van der Waals surface area contributed by atoms with E-state index in [0.717, 1.165) is 5.56 Å². The number of hydrogen-bond donors (Lipinski definition) is 1. The standard InChI is InChI=1S/C8H8Cl2S/c9-8(10)7(11)6-4-2-1-3-5-6/h1-5,7-8,11H. The average molecular weight is 207 g/mol. The zero-order valence-electron chi connectivity index (χ0n) is 5.74. The van der Waals surface area contributed by atoms with Crippen molar-refractivity contribution in [2.24, 2.45) is 0 Å². The highest BCUT2D eigenvalue weighted by molar-refractivity contribution is 7.80.